The second kappa shape index (κ2) is 8.56. The Morgan fingerprint density at radius 1 is 1.11 bits per heavy atom. The van der Waals surface area contributed by atoms with E-state index in [0.717, 1.165) is 17.8 Å². The molecule has 0 unspecified atom stereocenters. The second-order valence-corrected chi connectivity index (χ2v) is 4.68. The number of hydrogen-bond acceptors (Lipinski definition) is 2. The molecule has 0 bridgehead atoms. The zero-order valence-corrected chi connectivity index (χ0v) is 11.2. The summed E-state index contributed by atoms with van der Waals surface area (Å²) >= 11 is 0. The molecule has 0 fully saturated rings. The number of nitrogens with one attached hydrogen (secondary N) is 1. The predicted molar refractivity (Wildman–Crippen MR) is 76.6 cm³/mol. The number of hydrogen-bond donors (Lipinski definition) is 2. The maximum atomic E-state index is 10.8. The van der Waals surface area contributed by atoms with Gasteiger partial charge in [-0.05, 0) is 24.1 Å². The highest BCUT2D eigenvalue weighted by atomic mass is 16.1. The molecule has 1 aromatic carbocycles. The number of benzene rings is 1. The van der Waals surface area contributed by atoms with Crippen molar-refractivity contribution in [1.82, 2.24) is 0 Å². The fraction of sp³-hybridized carbons (Fsp3) is 0.533. The number of amides is 1. The monoisotopic (exact) mass is 248 g/mol. The van der Waals surface area contributed by atoms with Gasteiger partial charge in [-0.15, -0.1) is 0 Å². The van der Waals surface area contributed by atoms with Crippen molar-refractivity contribution >= 4 is 11.6 Å². The molecule has 18 heavy (non-hydrogen) atoms. The van der Waals surface area contributed by atoms with Gasteiger partial charge >= 0.3 is 0 Å². The van der Waals surface area contributed by atoms with Gasteiger partial charge in [-0.1, -0.05) is 44.7 Å². The Morgan fingerprint density at radius 3 is 2.39 bits per heavy atom. The van der Waals surface area contributed by atoms with Gasteiger partial charge in [0.25, 0.3) is 0 Å². The molecule has 0 saturated heterocycles. The minimum absolute atomic E-state index is 0.286. The number of unbranched alkanes of at least 4 members (excludes halogenated alkanes) is 4. The van der Waals surface area contributed by atoms with Crippen LogP contribution in [-0.4, -0.2) is 12.5 Å². The summed E-state index contributed by atoms with van der Waals surface area (Å²) in [6.45, 7) is 3.24. The van der Waals surface area contributed by atoms with Crippen molar-refractivity contribution in [3.8, 4) is 0 Å². The van der Waals surface area contributed by atoms with Crippen molar-refractivity contribution in [2.75, 3.05) is 11.9 Å². The van der Waals surface area contributed by atoms with Gasteiger partial charge in [-0.3, -0.25) is 4.79 Å². The molecule has 0 aromatic heterocycles. The van der Waals surface area contributed by atoms with Gasteiger partial charge < -0.3 is 11.1 Å². The van der Waals surface area contributed by atoms with E-state index in [1.807, 2.05) is 24.3 Å². The molecule has 100 valence electrons. The molecule has 1 rings (SSSR count). The van der Waals surface area contributed by atoms with Crippen LogP contribution < -0.4 is 11.1 Å². The van der Waals surface area contributed by atoms with Crippen LogP contribution in [0.5, 0.6) is 0 Å². The van der Waals surface area contributed by atoms with Gasteiger partial charge in [0, 0.05) is 12.2 Å². The zero-order chi connectivity index (χ0) is 13.2. The molecule has 0 aliphatic carbocycles. The summed E-state index contributed by atoms with van der Waals surface area (Å²) in [7, 11) is 0. The Balaban J connectivity index is 2.20. The molecular formula is C15H24N2O. The average Bonchev–Trinajstić information content (AvgIpc) is 2.35. The fourth-order valence-corrected chi connectivity index (χ4v) is 1.90. The number of carbonyl (C=O) groups excluding carboxylic acids is 1. The molecule has 0 heterocycles. The van der Waals surface area contributed by atoms with E-state index < -0.39 is 0 Å². The molecular weight excluding hydrogens is 224 g/mol. The van der Waals surface area contributed by atoms with Gasteiger partial charge in [0.05, 0.1) is 6.42 Å². The summed E-state index contributed by atoms with van der Waals surface area (Å²) in [4.78, 5) is 10.8. The first-order valence-electron chi connectivity index (χ1n) is 6.83. The number of primary amides is 1. The molecule has 3 N–H and O–H groups in total. The van der Waals surface area contributed by atoms with E-state index in [4.69, 9.17) is 5.73 Å². The van der Waals surface area contributed by atoms with Crippen LogP contribution in [0.3, 0.4) is 0 Å². The SMILES string of the molecule is CCCCCCCNc1ccc(CC(N)=O)cc1. The fourth-order valence-electron chi connectivity index (χ4n) is 1.90. The smallest absolute Gasteiger partial charge is 0.221 e. The third-order valence-electron chi connectivity index (χ3n) is 2.94. The van der Waals surface area contributed by atoms with Crippen LogP contribution in [-0.2, 0) is 11.2 Å². The first-order chi connectivity index (χ1) is 8.72. The molecule has 3 heteroatoms. The van der Waals surface area contributed by atoms with Crippen LogP contribution in [0.4, 0.5) is 5.69 Å². The number of nitrogens with two attached hydrogens (primary N) is 1. The molecule has 1 amide bonds. The van der Waals surface area contributed by atoms with Crippen molar-refractivity contribution in [2.24, 2.45) is 5.73 Å². The molecule has 3 nitrogen and oxygen atoms in total. The van der Waals surface area contributed by atoms with Gasteiger partial charge in [0.15, 0.2) is 0 Å². The average molecular weight is 248 g/mol. The third-order valence-corrected chi connectivity index (χ3v) is 2.94. The lowest BCUT2D eigenvalue weighted by molar-refractivity contribution is -0.117. The summed E-state index contributed by atoms with van der Waals surface area (Å²) in [5, 5.41) is 3.39. The lowest BCUT2D eigenvalue weighted by atomic mass is 10.1. The van der Waals surface area contributed by atoms with Crippen LogP contribution in [0.15, 0.2) is 24.3 Å². The minimum Gasteiger partial charge on any atom is -0.385 e. The summed E-state index contributed by atoms with van der Waals surface area (Å²) in [6, 6.07) is 7.91. The Hall–Kier alpha value is -1.51. The summed E-state index contributed by atoms with van der Waals surface area (Å²) in [6.07, 6.45) is 6.77. The Kier molecular flexibility index (Phi) is 6.92. The molecule has 1 aromatic rings. The second-order valence-electron chi connectivity index (χ2n) is 4.68. The van der Waals surface area contributed by atoms with Crippen LogP contribution in [0, 0.1) is 0 Å². The van der Waals surface area contributed by atoms with E-state index in [0.29, 0.717) is 6.42 Å². The Morgan fingerprint density at radius 2 is 1.78 bits per heavy atom. The van der Waals surface area contributed by atoms with Gasteiger partial charge in [0.2, 0.25) is 5.91 Å². The van der Waals surface area contributed by atoms with Crippen LogP contribution in [0.1, 0.15) is 44.6 Å². The predicted octanol–water partition coefficient (Wildman–Crippen LogP) is 3.10. The van der Waals surface area contributed by atoms with Gasteiger partial charge in [0.1, 0.15) is 0 Å². The van der Waals surface area contributed by atoms with Crippen molar-refractivity contribution in [1.29, 1.82) is 0 Å². The number of carbonyl (C=O) groups is 1. The standard InChI is InChI=1S/C15H24N2O/c1-2-3-4-5-6-11-17-14-9-7-13(8-10-14)12-15(16)18/h7-10,17H,2-6,11-12H2,1H3,(H2,16,18). The summed E-state index contributed by atoms with van der Waals surface area (Å²) in [5.41, 5.74) is 7.22. The van der Waals surface area contributed by atoms with Crippen LogP contribution in [0.2, 0.25) is 0 Å². The van der Waals surface area contributed by atoms with Crippen molar-refractivity contribution in [3.63, 3.8) is 0 Å². The van der Waals surface area contributed by atoms with E-state index in [2.05, 4.69) is 12.2 Å². The highest BCUT2D eigenvalue weighted by molar-refractivity contribution is 5.76. The maximum absolute atomic E-state index is 10.8. The Bertz CT molecular complexity index is 346. The third kappa shape index (κ3) is 6.28. The minimum atomic E-state index is -0.286. The van der Waals surface area contributed by atoms with Gasteiger partial charge in [-0.25, -0.2) is 0 Å². The molecule has 0 atom stereocenters. The summed E-state index contributed by atoms with van der Waals surface area (Å²) in [5.74, 6) is -0.286. The molecule has 0 spiro atoms. The number of anilines is 1. The number of rotatable bonds is 9. The topological polar surface area (TPSA) is 55.1 Å². The van der Waals surface area contributed by atoms with Crippen molar-refractivity contribution < 1.29 is 4.79 Å². The summed E-state index contributed by atoms with van der Waals surface area (Å²) < 4.78 is 0. The maximum Gasteiger partial charge on any atom is 0.221 e. The first-order valence-corrected chi connectivity index (χ1v) is 6.83. The van der Waals surface area contributed by atoms with E-state index in [9.17, 15) is 4.79 Å². The lowest BCUT2D eigenvalue weighted by Crippen LogP contribution is -2.13. The molecule has 0 aliphatic heterocycles. The van der Waals surface area contributed by atoms with E-state index in [-0.39, 0.29) is 5.91 Å². The Labute approximate surface area is 110 Å². The normalized spacial score (nSPS) is 10.3. The van der Waals surface area contributed by atoms with Crippen LogP contribution >= 0.6 is 0 Å². The van der Waals surface area contributed by atoms with Crippen molar-refractivity contribution in [3.05, 3.63) is 29.8 Å². The van der Waals surface area contributed by atoms with E-state index >= 15 is 0 Å². The van der Waals surface area contributed by atoms with E-state index in [1.54, 1.807) is 0 Å². The zero-order valence-electron chi connectivity index (χ0n) is 11.2. The largest absolute Gasteiger partial charge is 0.385 e. The van der Waals surface area contributed by atoms with E-state index in [1.165, 1.54) is 32.1 Å². The molecule has 0 radical (unpaired) electrons. The highest BCUT2D eigenvalue weighted by Gasteiger charge is 1.98. The van der Waals surface area contributed by atoms with Crippen LogP contribution in [0.25, 0.3) is 0 Å². The molecule has 0 saturated carbocycles. The first kappa shape index (κ1) is 14.6. The quantitative estimate of drug-likeness (QED) is 0.660. The highest BCUT2D eigenvalue weighted by Crippen LogP contribution is 2.10. The van der Waals surface area contributed by atoms with Gasteiger partial charge in [-0.2, -0.15) is 0 Å². The van der Waals surface area contributed by atoms with Crippen molar-refractivity contribution in [2.45, 2.75) is 45.4 Å². The lowest BCUT2D eigenvalue weighted by Gasteiger charge is -2.07. The molecule has 0 aliphatic rings.